The number of amides is 1. The number of nitrogen functional groups attached to an aromatic ring is 1. The summed E-state index contributed by atoms with van der Waals surface area (Å²) in [5.74, 6) is 0.497. The van der Waals surface area contributed by atoms with Crippen LogP contribution < -0.4 is 15.8 Å². The number of hydrogen-bond donors (Lipinski definition) is 2. The number of nitrogens with two attached hydrogens (primary N) is 1. The second kappa shape index (κ2) is 6.50. The van der Waals surface area contributed by atoms with E-state index in [0.717, 1.165) is 11.1 Å². The van der Waals surface area contributed by atoms with Gasteiger partial charge in [0.15, 0.2) is 0 Å². The van der Waals surface area contributed by atoms with Crippen molar-refractivity contribution >= 4 is 23.2 Å². The van der Waals surface area contributed by atoms with E-state index in [1.54, 1.807) is 43.5 Å². The van der Waals surface area contributed by atoms with E-state index in [0.29, 0.717) is 28.6 Å². The zero-order valence-corrected chi connectivity index (χ0v) is 12.7. The van der Waals surface area contributed by atoms with E-state index in [-0.39, 0.29) is 5.91 Å². The average molecular weight is 305 g/mol. The molecule has 0 radical (unpaired) electrons. The van der Waals surface area contributed by atoms with Crippen LogP contribution in [0.25, 0.3) is 0 Å². The first-order valence-electron chi connectivity index (χ1n) is 6.47. The first-order valence-corrected chi connectivity index (χ1v) is 6.85. The van der Waals surface area contributed by atoms with E-state index in [9.17, 15) is 4.79 Å². The summed E-state index contributed by atoms with van der Waals surface area (Å²) in [5.41, 5.74) is 8.67. The molecule has 0 aromatic heterocycles. The first kappa shape index (κ1) is 15.2. The van der Waals surface area contributed by atoms with Crippen LogP contribution in [-0.2, 0) is 6.54 Å². The number of hydrogen-bond acceptors (Lipinski definition) is 3. The predicted molar refractivity (Wildman–Crippen MR) is 84.8 cm³/mol. The molecular weight excluding hydrogens is 288 g/mol. The lowest BCUT2D eigenvalue weighted by Crippen LogP contribution is -2.23. The Morgan fingerprint density at radius 1 is 1.29 bits per heavy atom. The molecule has 0 saturated carbocycles. The number of ether oxygens (including phenoxy) is 1. The van der Waals surface area contributed by atoms with E-state index in [2.05, 4.69) is 5.32 Å². The monoisotopic (exact) mass is 304 g/mol. The Hall–Kier alpha value is -2.20. The Kier molecular flexibility index (Phi) is 4.70. The summed E-state index contributed by atoms with van der Waals surface area (Å²) >= 11 is 5.96. The highest BCUT2D eigenvalue weighted by molar-refractivity contribution is 6.31. The Balaban J connectivity index is 2.12. The first-order chi connectivity index (χ1) is 9.99. The molecule has 2 aromatic rings. The molecule has 0 aliphatic rings. The lowest BCUT2D eigenvalue weighted by molar-refractivity contribution is 0.0950. The normalized spacial score (nSPS) is 10.2. The van der Waals surface area contributed by atoms with Crippen molar-refractivity contribution in [1.82, 2.24) is 5.32 Å². The minimum Gasteiger partial charge on any atom is -0.496 e. The van der Waals surface area contributed by atoms with Crippen molar-refractivity contribution in [3.63, 3.8) is 0 Å². The summed E-state index contributed by atoms with van der Waals surface area (Å²) in [6.07, 6.45) is 0. The molecular formula is C16H17ClN2O2. The highest BCUT2D eigenvalue weighted by Crippen LogP contribution is 2.21. The van der Waals surface area contributed by atoms with E-state index >= 15 is 0 Å². The molecule has 0 aliphatic carbocycles. The maximum absolute atomic E-state index is 12.2. The van der Waals surface area contributed by atoms with Crippen LogP contribution in [0.5, 0.6) is 5.75 Å². The SMILES string of the molecule is COc1ccc(N)cc1CNC(=O)c1cc(C)cc(Cl)c1. The van der Waals surface area contributed by atoms with Gasteiger partial charge in [-0.25, -0.2) is 0 Å². The molecule has 2 rings (SSSR count). The number of methoxy groups -OCH3 is 1. The minimum absolute atomic E-state index is 0.190. The molecule has 21 heavy (non-hydrogen) atoms. The zero-order chi connectivity index (χ0) is 15.4. The van der Waals surface area contributed by atoms with Gasteiger partial charge in [-0.3, -0.25) is 4.79 Å². The van der Waals surface area contributed by atoms with Crippen molar-refractivity contribution in [2.45, 2.75) is 13.5 Å². The number of benzene rings is 2. The van der Waals surface area contributed by atoms with Crippen LogP contribution >= 0.6 is 11.6 Å². The predicted octanol–water partition coefficient (Wildman–Crippen LogP) is 3.17. The molecule has 110 valence electrons. The van der Waals surface area contributed by atoms with Gasteiger partial charge >= 0.3 is 0 Å². The van der Waals surface area contributed by atoms with Crippen molar-refractivity contribution in [2.75, 3.05) is 12.8 Å². The second-order valence-corrected chi connectivity index (χ2v) is 5.21. The summed E-state index contributed by atoms with van der Waals surface area (Å²) in [4.78, 5) is 12.2. The van der Waals surface area contributed by atoms with Crippen molar-refractivity contribution in [3.8, 4) is 5.75 Å². The summed E-state index contributed by atoms with van der Waals surface area (Å²) in [6.45, 7) is 2.22. The Bertz CT molecular complexity index is 651. The highest BCUT2D eigenvalue weighted by Gasteiger charge is 2.09. The number of rotatable bonds is 4. The quantitative estimate of drug-likeness (QED) is 0.853. The van der Waals surface area contributed by atoms with Gasteiger partial charge in [-0.15, -0.1) is 0 Å². The molecule has 0 unspecified atom stereocenters. The van der Waals surface area contributed by atoms with Crippen molar-refractivity contribution < 1.29 is 9.53 Å². The molecule has 0 spiro atoms. The number of nitrogens with one attached hydrogen (secondary N) is 1. The van der Waals surface area contributed by atoms with Gasteiger partial charge in [0.25, 0.3) is 5.91 Å². The minimum atomic E-state index is -0.190. The van der Waals surface area contributed by atoms with Gasteiger partial charge in [0, 0.05) is 28.4 Å². The summed E-state index contributed by atoms with van der Waals surface area (Å²) in [7, 11) is 1.58. The van der Waals surface area contributed by atoms with Crippen LogP contribution in [0.1, 0.15) is 21.5 Å². The molecule has 0 bridgehead atoms. The van der Waals surface area contributed by atoms with Crippen LogP contribution in [0.3, 0.4) is 0 Å². The van der Waals surface area contributed by atoms with Gasteiger partial charge in [-0.2, -0.15) is 0 Å². The summed E-state index contributed by atoms with van der Waals surface area (Å²) in [6, 6.07) is 10.5. The molecule has 3 N–H and O–H groups in total. The third kappa shape index (κ3) is 3.89. The van der Waals surface area contributed by atoms with E-state index < -0.39 is 0 Å². The molecule has 0 saturated heterocycles. The van der Waals surface area contributed by atoms with Crippen LogP contribution in [-0.4, -0.2) is 13.0 Å². The molecule has 2 aromatic carbocycles. The van der Waals surface area contributed by atoms with Crippen LogP contribution in [0, 0.1) is 6.92 Å². The highest BCUT2D eigenvalue weighted by atomic mass is 35.5. The van der Waals surface area contributed by atoms with Gasteiger partial charge in [-0.1, -0.05) is 11.6 Å². The van der Waals surface area contributed by atoms with E-state index in [1.807, 2.05) is 6.92 Å². The number of halogens is 1. The molecule has 1 amide bonds. The summed E-state index contributed by atoms with van der Waals surface area (Å²) < 4.78 is 5.25. The topological polar surface area (TPSA) is 64.3 Å². The lowest BCUT2D eigenvalue weighted by Gasteiger charge is -2.11. The van der Waals surface area contributed by atoms with Crippen LogP contribution in [0.2, 0.25) is 5.02 Å². The summed E-state index contributed by atoms with van der Waals surface area (Å²) in [5, 5.41) is 3.38. The van der Waals surface area contributed by atoms with Gasteiger partial charge in [0.1, 0.15) is 5.75 Å². The van der Waals surface area contributed by atoms with Gasteiger partial charge in [-0.05, 0) is 48.9 Å². The lowest BCUT2D eigenvalue weighted by atomic mass is 10.1. The second-order valence-electron chi connectivity index (χ2n) is 4.77. The number of carbonyl (C=O) groups is 1. The van der Waals surface area contributed by atoms with E-state index in [1.165, 1.54) is 0 Å². The van der Waals surface area contributed by atoms with Crippen molar-refractivity contribution in [1.29, 1.82) is 0 Å². The fraction of sp³-hybridized carbons (Fsp3) is 0.188. The van der Waals surface area contributed by atoms with Crippen molar-refractivity contribution in [3.05, 3.63) is 58.1 Å². The van der Waals surface area contributed by atoms with Gasteiger partial charge in [0.2, 0.25) is 0 Å². The Labute approximate surface area is 128 Å². The van der Waals surface area contributed by atoms with E-state index in [4.69, 9.17) is 22.1 Å². The molecule has 5 heteroatoms. The van der Waals surface area contributed by atoms with Gasteiger partial charge < -0.3 is 15.8 Å². The zero-order valence-electron chi connectivity index (χ0n) is 11.9. The molecule has 0 fully saturated rings. The molecule has 0 atom stereocenters. The average Bonchev–Trinajstić information content (AvgIpc) is 2.43. The van der Waals surface area contributed by atoms with Gasteiger partial charge in [0.05, 0.1) is 7.11 Å². The number of aryl methyl sites for hydroxylation is 1. The third-order valence-electron chi connectivity index (χ3n) is 3.05. The standard InChI is InChI=1S/C16H17ClN2O2/c1-10-5-11(7-13(17)6-10)16(20)19-9-12-8-14(18)3-4-15(12)21-2/h3-8H,9,18H2,1-2H3,(H,19,20). The molecule has 0 aliphatic heterocycles. The van der Waals surface area contributed by atoms with Crippen LogP contribution in [0.15, 0.2) is 36.4 Å². The molecule has 4 nitrogen and oxygen atoms in total. The third-order valence-corrected chi connectivity index (χ3v) is 3.27. The number of anilines is 1. The molecule has 0 heterocycles. The van der Waals surface area contributed by atoms with Crippen LogP contribution in [0.4, 0.5) is 5.69 Å². The fourth-order valence-corrected chi connectivity index (χ4v) is 2.37. The smallest absolute Gasteiger partial charge is 0.251 e. The fourth-order valence-electron chi connectivity index (χ4n) is 2.08. The Morgan fingerprint density at radius 2 is 2.05 bits per heavy atom. The largest absolute Gasteiger partial charge is 0.496 e. The Morgan fingerprint density at radius 3 is 2.71 bits per heavy atom. The van der Waals surface area contributed by atoms with Crippen molar-refractivity contribution in [2.24, 2.45) is 0 Å². The maximum atomic E-state index is 12.2. The maximum Gasteiger partial charge on any atom is 0.251 e. The number of carbonyl (C=O) groups excluding carboxylic acids is 1.